The topological polar surface area (TPSA) is 110 Å². The fraction of sp³-hybridized carbons (Fsp3) is 0.636. The fourth-order valence-electron chi connectivity index (χ4n) is 4.17. The summed E-state index contributed by atoms with van der Waals surface area (Å²) in [5.41, 5.74) is 1.83. The molecule has 9 heteroatoms. The molecule has 172 valence electrons. The van der Waals surface area contributed by atoms with Crippen molar-refractivity contribution in [3.05, 3.63) is 29.8 Å². The predicted octanol–water partition coefficient (Wildman–Crippen LogP) is 3.04. The minimum atomic E-state index is -3.89. The number of benzene rings is 1. The molecule has 2 fully saturated rings. The first-order valence-corrected chi connectivity index (χ1v) is 12.5. The van der Waals surface area contributed by atoms with Crippen molar-refractivity contribution in [2.24, 2.45) is 5.92 Å². The van der Waals surface area contributed by atoms with Gasteiger partial charge in [0.15, 0.2) is 14.6 Å². The van der Waals surface area contributed by atoms with Gasteiger partial charge in [0.25, 0.3) is 0 Å². The minimum absolute atomic E-state index is 0.109. The monoisotopic (exact) mass is 453 g/mol. The van der Waals surface area contributed by atoms with E-state index in [9.17, 15) is 23.1 Å². The third-order valence-electron chi connectivity index (χ3n) is 6.45. The van der Waals surface area contributed by atoms with Crippen molar-refractivity contribution in [2.75, 3.05) is 24.3 Å². The number of sulfone groups is 1. The highest BCUT2D eigenvalue weighted by molar-refractivity contribution is 7.92. The average molecular weight is 454 g/mol. The van der Waals surface area contributed by atoms with Crippen LogP contribution < -0.4 is 4.90 Å². The van der Waals surface area contributed by atoms with Gasteiger partial charge in [0, 0.05) is 25.0 Å². The summed E-state index contributed by atoms with van der Waals surface area (Å²) in [6, 6.07) is 7.64. The van der Waals surface area contributed by atoms with Crippen LogP contribution in [0, 0.1) is 5.92 Å². The Kier molecular flexibility index (Phi) is 6.95. The maximum atomic E-state index is 12.3. The zero-order valence-electron chi connectivity index (χ0n) is 18.2. The molecule has 2 atom stereocenters. The molecule has 2 aliphatic rings. The molecule has 1 heterocycles. The van der Waals surface area contributed by atoms with Gasteiger partial charge in [-0.1, -0.05) is 12.1 Å². The van der Waals surface area contributed by atoms with Crippen LogP contribution in [0.1, 0.15) is 45.1 Å². The molecule has 8 nitrogen and oxygen atoms in total. The molecule has 1 amide bonds. The summed E-state index contributed by atoms with van der Waals surface area (Å²) in [6.07, 6.45) is 3.89. The minimum Gasteiger partial charge on any atom is -0.480 e. The molecule has 0 spiro atoms. The molecule has 1 aromatic rings. The number of anilines is 1. The van der Waals surface area contributed by atoms with E-state index in [2.05, 4.69) is 0 Å². The molecule has 1 aromatic carbocycles. The normalized spacial score (nSPS) is 25.6. The standard InChI is InChI=1S/C22H31NO7S/c1-4-29-18-11-16(12-18)6-5-15-7-9-17(10-8-15)23-14-19(30-21(23)26)13-22(2,20(24)25)31(3,27)28/h7-10,16,18-19H,4-6,11-14H2,1-3H3,(H,24,25)/t16?,18?,19-,22+/m0/s1. The summed E-state index contributed by atoms with van der Waals surface area (Å²) >= 11 is 0. The molecule has 0 bridgehead atoms. The molecule has 3 rings (SSSR count). The van der Waals surface area contributed by atoms with E-state index in [1.807, 2.05) is 31.2 Å². The average Bonchev–Trinajstić information content (AvgIpc) is 3.02. The Bertz CT molecular complexity index is 908. The van der Waals surface area contributed by atoms with Crippen LogP contribution in [0.25, 0.3) is 0 Å². The summed E-state index contributed by atoms with van der Waals surface area (Å²) in [6.45, 7) is 4.04. The SMILES string of the molecule is CCOC1CC(CCc2ccc(N3C[C@H](C[C@](C)(C(=O)O)S(C)(=O)=O)OC3=O)cc2)C1. The number of amides is 1. The number of nitrogens with zero attached hydrogens (tertiary/aromatic N) is 1. The van der Waals surface area contributed by atoms with Crippen LogP contribution >= 0.6 is 0 Å². The number of carbonyl (C=O) groups is 2. The number of carboxylic acid groups (broad SMARTS) is 1. The van der Waals surface area contributed by atoms with E-state index >= 15 is 0 Å². The van der Waals surface area contributed by atoms with Crippen molar-refractivity contribution in [1.82, 2.24) is 0 Å². The summed E-state index contributed by atoms with van der Waals surface area (Å²) in [4.78, 5) is 25.3. The lowest BCUT2D eigenvalue weighted by Gasteiger charge is -2.35. The largest absolute Gasteiger partial charge is 0.480 e. The van der Waals surface area contributed by atoms with Gasteiger partial charge < -0.3 is 14.6 Å². The molecular weight excluding hydrogens is 422 g/mol. The Hall–Kier alpha value is -2.13. The summed E-state index contributed by atoms with van der Waals surface area (Å²) in [7, 11) is -3.89. The van der Waals surface area contributed by atoms with Gasteiger partial charge in [0.05, 0.1) is 12.6 Å². The van der Waals surface area contributed by atoms with E-state index in [4.69, 9.17) is 9.47 Å². The quantitative estimate of drug-likeness (QED) is 0.580. The van der Waals surface area contributed by atoms with Crippen molar-refractivity contribution >= 4 is 27.6 Å². The first-order chi connectivity index (χ1) is 14.5. The van der Waals surface area contributed by atoms with Crippen molar-refractivity contribution in [1.29, 1.82) is 0 Å². The molecule has 0 aromatic heterocycles. The number of carbonyl (C=O) groups excluding carboxylic acids is 1. The van der Waals surface area contributed by atoms with Gasteiger partial charge in [-0.3, -0.25) is 9.69 Å². The van der Waals surface area contributed by atoms with E-state index in [-0.39, 0.29) is 13.0 Å². The zero-order valence-corrected chi connectivity index (χ0v) is 19.1. The van der Waals surface area contributed by atoms with Gasteiger partial charge in [-0.2, -0.15) is 0 Å². The number of carboxylic acids is 1. The second-order valence-corrected chi connectivity index (χ2v) is 11.2. The Balaban J connectivity index is 1.56. The number of aliphatic carboxylic acids is 1. The number of hydrogen-bond acceptors (Lipinski definition) is 6. The second-order valence-electron chi connectivity index (χ2n) is 8.75. The highest BCUT2D eigenvalue weighted by atomic mass is 32.2. The molecule has 1 saturated carbocycles. The van der Waals surface area contributed by atoms with Gasteiger partial charge in [0.1, 0.15) is 6.10 Å². The van der Waals surface area contributed by atoms with Crippen molar-refractivity contribution in [3.63, 3.8) is 0 Å². The fourth-order valence-corrected chi connectivity index (χ4v) is 4.97. The number of rotatable bonds is 10. The lowest BCUT2D eigenvalue weighted by atomic mass is 9.78. The summed E-state index contributed by atoms with van der Waals surface area (Å²) in [5, 5.41) is 9.42. The van der Waals surface area contributed by atoms with Crippen molar-refractivity contribution < 1.29 is 32.6 Å². The molecule has 1 saturated heterocycles. The summed E-state index contributed by atoms with van der Waals surface area (Å²) in [5.74, 6) is -0.753. The van der Waals surface area contributed by atoms with Gasteiger partial charge in [0.2, 0.25) is 0 Å². The lowest BCUT2D eigenvalue weighted by Crippen LogP contribution is -2.46. The smallest absolute Gasteiger partial charge is 0.414 e. The first-order valence-electron chi connectivity index (χ1n) is 10.6. The molecular formula is C22H31NO7S. The third-order valence-corrected chi connectivity index (χ3v) is 8.42. The van der Waals surface area contributed by atoms with Gasteiger partial charge in [-0.25, -0.2) is 13.2 Å². The van der Waals surface area contributed by atoms with E-state index in [1.165, 1.54) is 10.5 Å². The van der Waals surface area contributed by atoms with Crippen LogP contribution in [-0.4, -0.2) is 61.9 Å². The van der Waals surface area contributed by atoms with Crippen LogP contribution in [0.2, 0.25) is 0 Å². The van der Waals surface area contributed by atoms with E-state index in [0.717, 1.165) is 45.5 Å². The number of ether oxygens (including phenoxy) is 2. The first kappa shape index (κ1) is 23.5. The van der Waals surface area contributed by atoms with E-state index in [0.29, 0.717) is 17.7 Å². The van der Waals surface area contributed by atoms with E-state index < -0.39 is 32.8 Å². The van der Waals surface area contributed by atoms with Crippen LogP contribution in [0.5, 0.6) is 0 Å². The Morgan fingerprint density at radius 1 is 1.29 bits per heavy atom. The highest BCUT2D eigenvalue weighted by Gasteiger charge is 2.48. The zero-order chi connectivity index (χ0) is 22.8. The molecule has 1 aliphatic heterocycles. The maximum absolute atomic E-state index is 12.3. The van der Waals surface area contributed by atoms with Gasteiger partial charge >= 0.3 is 12.1 Å². The van der Waals surface area contributed by atoms with E-state index in [1.54, 1.807) is 0 Å². The van der Waals surface area contributed by atoms with Gasteiger partial charge in [-0.15, -0.1) is 0 Å². The molecule has 1 N–H and O–H groups in total. The third kappa shape index (κ3) is 5.20. The molecule has 1 aliphatic carbocycles. The molecule has 0 unspecified atom stereocenters. The maximum Gasteiger partial charge on any atom is 0.414 e. The number of aryl methyl sites for hydroxylation is 1. The van der Waals surface area contributed by atoms with Crippen LogP contribution in [0.4, 0.5) is 10.5 Å². The van der Waals surface area contributed by atoms with Crippen molar-refractivity contribution in [3.8, 4) is 0 Å². The summed E-state index contributed by atoms with van der Waals surface area (Å²) < 4.78 is 32.9. The number of hydrogen-bond donors (Lipinski definition) is 1. The van der Waals surface area contributed by atoms with Crippen molar-refractivity contribution in [2.45, 2.75) is 62.9 Å². The lowest BCUT2D eigenvalue weighted by molar-refractivity contribution is -0.140. The highest BCUT2D eigenvalue weighted by Crippen LogP contribution is 2.34. The van der Waals surface area contributed by atoms with Crippen LogP contribution in [-0.2, 0) is 30.5 Å². The predicted molar refractivity (Wildman–Crippen MR) is 116 cm³/mol. The Labute approximate surface area is 183 Å². The second kappa shape index (κ2) is 9.16. The Morgan fingerprint density at radius 2 is 1.94 bits per heavy atom. The van der Waals surface area contributed by atoms with Crippen LogP contribution in [0.3, 0.4) is 0 Å². The van der Waals surface area contributed by atoms with Gasteiger partial charge in [-0.05, 0) is 63.1 Å². The Morgan fingerprint density at radius 3 is 2.48 bits per heavy atom. The molecule has 0 radical (unpaired) electrons. The van der Waals surface area contributed by atoms with Crippen LogP contribution in [0.15, 0.2) is 24.3 Å². The number of cyclic esters (lactones) is 1. The molecule has 31 heavy (non-hydrogen) atoms.